The van der Waals surface area contributed by atoms with Crippen LogP contribution in [0.15, 0.2) is 0 Å². The molecule has 0 amide bonds. The lowest BCUT2D eigenvalue weighted by Gasteiger charge is -2.53. The summed E-state index contributed by atoms with van der Waals surface area (Å²) in [6.07, 6.45) is 9.51. The van der Waals surface area contributed by atoms with Gasteiger partial charge in [-0.1, -0.05) is 33.1 Å². The Balaban J connectivity index is 1.67. The molecule has 0 bridgehead atoms. The van der Waals surface area contributed by atoms with E-state index < -0.39 is 5.97 Å². The summed E-state index contributed by atoms with van der Waals surface area (Å²) in [6, 6.07) is 0. The monoisotopic (exact) mass is 281 g/mol. The molecule has 116 valence electrons. The summed E-state index contributed by atoms with van der Waals surface area (Å²) in [7, 11) is 0. The first-order valence-electron chi connectivity index (χ1n) is 8.45. The summed E-state index contributed by atoms with van der Waals surface area (Å²) in [5, 5.41) is 8.83. The molecule has 3 heteroatoms. The largest absolute Gasteiger partial charge is 0.481 e. The van der Waals surface area contributed by atoms with Crippen molar-refractivity contribution in [3.63, 3.8) is 0 Å². The van der Waals surface area contributed by atoms with Crippen molar-refractivity contribution in [3.8, 4) is 0 Å². The van der Waals surface area contributed by atoms with Crippen molar-refractivity contribution in [1.29, 1.82) is 0 Å². The zero-order chi connectivity index (χ0) is 14.6. The third-order valence-electron chi connectivity index (χ3n) is 5.52. The summed E-state index contributed by atoms with van der Waals surface area (Å²) in [6.45, 7) is 8.23. The highest BCUT2D eigenvalue weighted by Gasteiger charge is 2.42. The third-order valence-corrected chi connectivity index (χ3v) is 5.52. The van der Waals surface area contributed by atoms with Gasteiger partial charge in [-0.25, -0.2) is 0 Å². The lowest BCUT2D eigenvalue weighted by Crippen LogP contribution is -2.57. The number of hydrogen-bond acceptors (Lipinski definition) is 2. The van der Waals surface area contributed by atoms with Gasteiger partial charge in [0.15, 0.2) is 0 Å². The molecular weight excluding hydrogens is 250 g/mol. The normalized spacial score (nSPS) is 23.8. The second kappa shape index (κ2) is 6.93. The summed E-state index contributed by atoms with van der Waals surface area (Å²) in [5.41, 5.74) is 0.673. The number of rotatable bonds is 7. The zero-order valence-electron chi connectivity index (χ0n) is 13.2. The van der Waals surface area contributed by atoms with Crippen molar-refractivity contribution < 1.29 is 9.90 Å². The van der Waals surface area contributed by atoms with E-state index in [0.717, 1.165) is 6.42 Å². The lowest BCUT2D eigenvalue weighted by molar-refractivity contribution is -0.137. The minimum Gasteiger partial charge on any atom is -0.481 e. The van der Waals surface area contributed by atoms with Crippen LogP contribution in [0.3, 0.4) is 0 Å². The van der Waals surface area contributed by atoms with Gasteiger partial charge < -0.3 is 10.0 Å². The Hall–Kier alpha value is -0.570. The van der Waals surface area contributed by atoms with Crippen molar-refractivity contribution in [2.75, 3.05) is 19.6 Å². The highest BCUT2D eigenvalue weighted by molar-refractivity contribution is 5.66. The first-order chi connectivity index (χ1) is 9.51. The molecule has 0 aromatic rings. The topological polar surface area (TPSA) is 40.5 Å². The van der Waals surface area contributed by atoms with Gasteiger partial charge >= 0.3 is 5.97 Å². The molecule has 0 aromatic heterocycles. The van der Waals surface area contributed by atoms with Crippen LogP contribution in [0.4, 0.5) is 0 Å². The van der Waals surface area contributed by atoms with E-state index in [1.54, 1.807) is 0 Å². The molecule has 2 rings (SSSR count). The molecule has 1 heterocycles. The van der Waals surface area contributed by atoms with Crippen molar-refractivity contribution in [2.24, 2.45) is 17.3 Å². The number of hydrogen-bond donors (Lipinski definition) is 1. The van der Waals surface area contributed by atoms with Gasteiger partial charge in [-0.2, -0.15) is 0 Å². The van der Waals surface area contributed by atoms with Gasteiger partial charge in [-0.15, -0.1) is 0 Å². The molecule has 1 atom stereocenters. The Morgan fingerprint density at radius 2 is 1.80 bits per heavy atom. The summed E-state index contributed by atoms with van der Waals surface area (Å²) < 4.78 is 0. The van der Waals surface area contributed by atoms with Gasteiger partial charge in [0.2, 0.25) is 0 Å². The molecule has 1 unspecified atom stereocenters. The average Bonchev–Trinajstić information content (AvgIpc) is 2.36. The highest BCUT2D eigenvalue weighted by atomic mass is 16.4. The minimum absolute atomic E-state index is 0.326. The van der Waals surface area contributed by atoms with E-state index in [1.165, 1.54) is 58.2 Å². The van der Waals surface area contributed by atoms with Crippen molar-refractivity contribution >= 4 is 5.97 Å². The highest BCUT2D eigenvalue weighted by Crippen LogP contribution is 2.43. The number of likely N-dealkylation sites (tertiary alicyclic amines) is 1. The molecule has 3 nitrogen and oxygen atoms in total. The fourth-order valence-corrected chi connectivity index (χ4v) is 4.15. The summed E-state index contributed by atoms with van der Waals surface area (Å²) in [4.78, 5) is 13.3. The predicted octanol–water partition coefficient (Wildman–Crippen LogP) is 3.78. The van der Waals surface area contributed by atoms with E-state index >= 15 is 0 Å². The van der Waals surface area contributed by atoms with Crippen LogP contribution < -0.4 is 0 Å². The Morgan fingerprint density at radius 1 is 1.15 bits per heavy atom. The van der Waals surface area contributed by atoms with Crippen LogP contribution in [-0.4, -0.2) is 35.6 Å². The van der Waals surface area contributed by atoms with Crippen molar-refractivity contribution in [2.45, 2.75) is 65.2 Å². The second-order valence-corrected chi connectivity index (χ2v) is 7.50. The van der Waals surface area contributed by atoms with Crippen LogP contribution in [-0.2, 0) is 4.79 Å². The standard InChI is InChI=1S/C17H31NO2/c1-14(2)15(6-7-16(19)20)8-11-18-12-17(13-18)9-4-3-5-10-17/h14-15H,3-13H2,1-2H3,(H,19,20). The van der Waals surface area contributed by atoms with Gasteiger partial charge in [0.05, 0.1) is 0 Å². The van der Waals surface area contributed by atoms with E-state index in [2.05, 4.69) is 18.7 Å². The molecule has 1 aliphatic heterocycles. The van der Waals surface area contributed by atoms with Gasteiger partial charge in [-0.05, 0) is 49.5 Å². The zero-order valence-corrected chi connectivity index (χ0v) is 13.2. The first kappa shape index (κ1) is 15.8. The van der Waals surface area contributed by atoms with Gasteiger partial charge in [0.1, 0.15) is 0 Å². The van der Waals surface area contributed by atoms with E-state index in [-0.39, 0.29) is 0 Å². The van der Waals surface area contributed by atoms with Crippen molar-refractivity contribution in [3.05, 3.63) is 0 Å². The van der Waals surface area contributed by atoms with Gasteiger partial charge in [-0.3, -0.25) is 4.79 Å². The van der Waals surface area contributed by atoms with Crippen molar-refractivity contribution in [1.82, 2.24) is 4.90 Å². The molecule has 1 saturated carbocycles. The maximum atomic E-state index is 10.7. The Labute approximate surface area is 123 Å². The predicted molar refractivity (Wildman–Crippen MR) is 81.8 cm³/mol. The van der Waals surface area contributed by atoms with Gasteiger partial charge in [0, 0.05) is 19.5 Å². The first-order valence-corrected chi connectivity index (χ1v) is 8.45. The molecule has 2 fully saturated rings. The number of aliphatic carboxylic acids is 1. The molecule has 20 heavy (non-hydrogen) atoms. The van der Waals surface area contributed by atoms with Crippen LogP contribution in [0, 0.1) is 17.3 Å². The molecule has 1 N–H and O–H groups in total. The number of carboxylic acid groups (broad SMARTS) is 1. The Morgan fingerprint density at radius 3 is 2.35 bits per heavy atom. The summed E-state index contributed by atoms with van der Waals surface area (Å²) >= 11 is 0. The van der Waals surface area contributed by atoms with Crippen LogP contribution in [0.25, 0.3) is 0 Å². The van der Waals surface area contributed by atoms with E-state index in [0.29, 0.717) is 23.7 Å². The smallest absolute Gasteiger partial charge is 0.303 e. The fourth-order valence-electron chi connectivity index (χ4n) is 4.15. The second-order valence-electron chi connectivity index (χ2n) is 7.50. The molecule has 0 radical (unpaired) electrons. The third kappa shape index (κ3) is 4.21. The fraction of sp³-hybridized carbons (Fsp3) is 0.941. The SMILES string of the molecule is CC(C)C(CCC(=O)O)CCN1CC2(CCCCC2)C1. The van der Waals surface area contributed by atoms with E-state index in [4.69, 9.17) is 5.11 Å². The van der Waals surface area contributed by atoms with E-state index in [9.17, 15) is 4.79 Å². The minimum atomic E-state index is -0.652. The lowest BCUT2D eigenvalue weighted by atomic mass is 9.68. The molecule has 0 aromatic carbocycles. The molecular formula is C17H31NO2. The Kier molecular flexibility index (Phi) is 5.48. The van der Waals surface area contributed by atoms with Crippen LogP contribution in [0.5, 0.6) is 0 Å². The number of nitrogens with zero attached hydrogens (tertiary/aromatic N) is 1. The maximum Gasteiger partial charge on any atom is 0.303 e. The quantitative estimate of drug-likeness (QED) is 0.772. The van der Waals surface area contributed by atoms with Crippen LogP contribution >= 0.6 is 0 Å². The van der Waals surface area contributed by atoms with Gasteiger partial charge in [0.25, 0.3) is 0 Å². The van der Waals surface area contributed by atoms with Crippen LogP contribution in [0.2, 0.25) is 0 Å². The van der Waals surface area contributed by atoms with Crippen LogP contribution in [0.1, 0.15) is 65.2 Å². The molecule has 1 saturated heterocycles. The maximum absolute atomic E-state index is 10.7. The molecule has 1 aliphatic carbocycles. The van der Waals surface area contributed by atoms with E-state index in [1.807, 2.05) is 0 Å². The summed E-state index contributed by atoms with van der Waals surface area (Å²) in [5.74, 6) is 0.508. The number of carboxylic acids is 1. The Bertz CT molecular complexity index is 313. The molecule has 1 spiro atoms. The average molecular weight is 281 g/mol. The number of carbonyl (C=O) groups is 1. The molecule has 2 aliphatic rings.